The zero-order chi connectivity index (χ0) is 15.3. The van der Waals surface area contributed by atoms with Crippen LogP contribution >= 0.6 is 0 Å². The number of benzene rings is 1. The summed E-state index contributed by atoms with van der Waals surface area (Å²) in [6.07, 6.45) is 6.66. The van der Waals surface area contributed by atoms with Crippen LogP contribution in [0.15, 0.2) is 24.3 Å². The van der Waals surface area contributed by atoms with E-state index in [-0.39, 0.29) is 0 Å². The molecule has 1 unspecified atom stereocenters. The van der Waals surface area contributed by atoms with Gasteiger partial charge in [0.1, 0.15) is 0 Å². The molecule has 0 heterocycles. The summed E-state index contributed by atoms with van der Waals surface area (Å²) in [6.45, 7) is 11.4. The Bertz CT molecular complexity index is 418. The number of hydrogen-bond acceptors (Lipinski definition) is 2. The van der Waals surface area contributed by atoms with Gasteiger partial charge in [-0.3, -0.25) is 0 Å². The average molecular weight is 288 g/mol. The molecule has 0 radical (unpaired) electrons. The molecule has 2 rings (SSSR count). The van der Waals surface area contributed by atoms with Gasteiger partial charge in [0.25, 0.3) is 0 Å². The fraction of sp³-hybridized carbons (Fsp3) is 0.684. The lowest BCUT2D eigenvalue weighted by atomic mass is 9.85. The first-order valence-corrected chi connectivity index (χ1v) is 8.65. The summed E-state index contributed by atoms with van der Waals surface area (Å²) >= 11 is 0. The van der Waals surface area contributed by atoms with Gasteiger partial charge in [-0.15, -0.1) is 0 Å². The molecule has 0 aromatic heterocycles. The molecule has 1 atom stereocenters. The van der Waals surface area contributed by atoms with Crippen molar-refractivity contribution in [2.45, 2.75) is 65.8 Å². The van der Waals surface area contributed by atoms with Crippen LogP contribution in [-0.4, -0.2) is 19.1 Å². The third kappa shape index (κ3) is 4.66. The van der Waals surface area contributed by atoms with Gasteiger partial charge in [-0.2, -0.15) is 0 Å². The smallest absolute Gasteiger partial charge is 0.0367 e. The standard InChI is InChI=1S/C19H32N2/c1-5-21(6-2)18-11-9-17(10-12-18)20-16-8-7-14-19(3,4)15-13-16/h9-12,16,20H,5-8,13-15H2,1-4H3. The highest BCUT2D eigenvalue weighted by Crippen LogP contribution is 2.34. The lowest BCUT2D eigenvalue weighted by Crippen LogP contribution is -2.22. The van der Waals surface area contributed by atoms with Crippen LogP contribution in [0.4, 0.5) is 11.4 Å². The highest BCUT2D eigenvalue weighted by Gasteiger charge is 2.24. The Morgan fingerprint density at radius 3 is 2.33 bits per heavy atom. The van der Waals surface area contributed by atoms with Crippen LogP contribution in [0.5, 0.6) is 0 Å². The molecular weight excluding hydrogens is 256 g/mol. The van der Waals surface area contributed by atoms with Crippen molar-refractivity contribution in [2.75, 3.05) is 23.3 Å². The maximum absolute atomic E-state index is 3.74. The number of anilines is 2. The van der Waals surface area contributed by atoms with Crippen molar-refractivity contribution in [1.82, 2.24) is 0 Å². The molecular formula is C19H32N2. The van der Waals surface area contributed by atoms with Gasteiger partial charge in [0.15, 0.2) is 0 Å². The Kier molecular flexibility index (Phi) is 5.55. The number of rotatable bonds is 5. The van der Waals surface area contributed by atoms with Crippen molar-refractivity contribution in [3.05, 3.63) is 24.3 Å². The molecule has 0 amide bonds. The number of nitrogens with one attached hydrogen (secondary N) is 1. The molecule has 0 aliphatic heterocycles. The van der Waals surface area contributed by atoms with E-state index in [1.807, 2.05) is 0 Å². The minimum Gasteiger partial charge on any atom is -0.382 e. The highest BCUT2D eigenvalue weighted by atomic mass is 15.1. The Balaban J connectivity index is 1.94. The molecule has 0 spiro atoms. The maximum Gasteiger partial charge on any atom is 0.0367 e. The first-order chi connectivity index (χ1) is 10.0. The van der Waals surface area contributed by atoms with Crippen molar-refractivity contribution in [2.24, 2.45) is 5.41 Å². The predicted octanol–water partition coefficient (Wildman–Crippen LogP) is 5.30. The van der Waals surface area contributed by atoms with Crippen LogP contribution in [0.25, 0.3) is 0 Å². The zero-order valence-electron chi connectivity index (χ0n) is 14.3. The largest absolute Gasteiger partial charge is 0.382 e. The fourth-order valence-electron chi connectivity index (χ4n) is 3.40. The van der Waals surface area contributed by atoms with Gasteiger partial charge in [-0.25, -0.2) is 0 Å². The van der Waals surface area contributed by atoms with Crippen molar-refractivity contribution < 1.29 is 0 Å². The van der Waals surface area contributed by atoms with E-state index in [0.717, 1.165) is 13.1 Å². The van der Waals surface area contributed by atoms with Gasteiger partial charge in [-0.1, -0.05) is 20.3 Å². The Morgan fingerprint density at radius 1 is 1.05 bits per heavy atom. The lowest BCUT2D eigenvalue weighted by molar-refractivity contribution is 0.313. The summed E-state index contributed by atoms with van der Waals surface area (Å²) in [5.74, 6) is 0. The monoisotopic (exact) mass is 288 g/mol. The number of nitrogens with zero attached hydrogens (tertiary/aromatic N) is 1. The average Bonchev–Trinajstić information content (AvgIpc) is 2.63. The van der Waals surface area contributed by atoms with Gasteiger partial charge in [0.2, 0.25) is 0 Å². The van der Waals surface area contributed by atoms with Crippen LogP contribution in [0, 0.1) is 5.41 Å². The summed E-state index contributed by atoms with van der Waals surface area (Å²) in [4.78, 5) is 2.39. The van der Waals surface area contributed by atoms with E-state index in [0.29, 0.717) is 11.5 Å². The molecule has 1 N–H and O–H groups in total. The molecule has 21 heavy (non-hydrogen) atoms. The predicted molar refractivity (Wildman–Crippen MR) is 94.3 cm³/mol. The SMILES string of the molecule is CCN(CC)c1ccc(NC2CCCC(C)(C)CC2)cc1. The van der Waals surface area contributed by atoms with Crippen molar-refractivity contribution in [1.29, 1.82) is 0 Å². The van der Waals surface area contributed by atoms with Gasteiger partial charge in [0.05, 0.1) is 0 Å². The van der Waals surface area contributed by atoms with Crippen molar-refractivity contribution in [3.8, 4) is 0 Å². The van der Waals surface area contributed by atoms with Crippen molar-refractivity contribution in [3.63, 3.8) is 0 Å². The summed E-state index contributed by atoms with van der Waals surface area (Å²) < 4.78 is 0. The molecule has 1 aliphatic carbocycles. The second-order valence-corrected chi connectivity index (χ2v) is 7.16. The molecule has 1 fully saturated rings. The summed E-state index contributed by atoms with van der Waals surface area (Å²) in [7, 11) is 0. The molecule has 1 saturated carbocycles. The number of hydrogen-bond donors (Lipinski definition) is 1. The first-order valence-electron chi connectivity index (χ1n) is 8.65. The van der Waals surface area contributed by atoms with Gasteiger partial charge < -0.3 is 10.2 Å². The van der Waals surface area contributed by atoms with E-state index >= 15 is 0 Å². The molecule has 118 valence electrons. The Morgan fingerprint density at radius 2 is 1.71 bits per heavy atom. The van der Waals surface area contributed by atoms with E-state index in [4.69, 9.17) is 0 Å². The van der Waals surface area contributed by atoms with Crippen LogP contribution < -0.4 is 10.2 Å². The third-order valence-corrected chi connectivity index (χ3v) is 4.94. The van der Waals surface area contributed by atoms with Crippen molar-refractivity contribution >= 4 is 11.4 Å². The third-order valence-electron chi connectivity index (χ3n) is 4.94. The molecule has 1 aromatic rings. The normalized spacial score (nSPS) is 21.6. The van der Waals surface area contributed by atoms with Crippen LogP contribution in [0.2, 0.25) is 0 Å². The van der Waals surface area contributed by atoms with E-state index in [1.165, 1.54) is 43.5 Å². The quantitative estimate of drug-likeness (QED) is 0.739. The molecule has 0 bridgehead atoms. The van der Waals surface area contributed by atoms with Crippen LogP contribution in [0.3, 0.4) is 0 Å². The summed E-state index contributed by atoms with van der Waals surface area (Å²) in [6, 6.07) is 9.62. The van der Waals surface area contributed by atoms with E-state index in [2.05, 4.69) is 62.2 Å². The van der Waals surface area contributed by atoms with E-state index in [9.17, 15) is 0 Å². The molecule has 1 aromatic carbocycles. The van der Waals surface area contributed by atoms with Gasteiger partial charge >= 0.3 is 0 Å². The first kappa shape index (κ1) is 16.2. The van der Waals surface area contributed by atoms with Gasteiger partial charge in [0, 0.05) is 30.5 Å². The fourth-order valence-corrected chi connectivity index (χ4v) is 3.40. The van der Waals surface area contributed by atoms with Crippen LogP contribution in [0.1, 0.15) is 59.8 Å². The maximum atomic E-state index is 3.74. The van der Waals surface area contributed by atoms with E-state index in [1.54, 1.807) is 0 Å². The minimum atomic E-state index is 0.531. The summed E-state index contributed by atoms with van der Waals surface area (Å²) in [5, 5.41) is 3.74. The second kappa shape index (κ2) is 7.20. The molecule has 2 nitrogen and oxygen atoms in total. The second-order valence-electron chi connectivity index (χ2n) is 7.16. The summed E-state index contributed by atoms with van der Waals surface area (Å²) in [5.41, 5.74) is 3.13. The molecule has 0 saturated heterocycles. The zero-order valence-corrected chi connectivity index (χ0v) is 14.3. The van der Waals surface area contributed by atoms with Crippen LogP contribution in [-0.2, 0) is 0 Å². The molecule has 1 aliphatic rings. The topological polar surface area (TPSA) is 15.3 Å². The van der Waals surface area contributed by atoms with Gasteiger partial charge in [-0.05, 0) is 69.2 Å². The Hall–Kier alpha value is -1.18. The highest BCUT2D eigenvalue weighted by molar-refractivity contribution is 5.55. The lowest BCUT2D eigenvalue weighted by Gasteiger charge is -2.23. The van der Waals surface area contributed by atoms with E-state index < -0.39 is 0 Å². The minimum absolute atomic E-state index is 0.531. The molecule has 2 heteroatoms. The Labute approximate surface area is 130 Å².